The molecule has 1 saturated carbocycles. The molecule has 8 nitrogen and oxygen atoms in total. The predicted molar refractivity (Wildman–Crippen MR) is 118 cm³/mol. The first-order valence-electron chi connectivity index (χ1n) is 10.6. The lowest BCUT2D eigenvalue weighted by Crippen LogP contribution is -2.31. The Morgan fingerprint density at radius 3 is 2.71 bits per heavy atom. The normalized spacial score (nSPS) is 18.8. The molecule has 2 aromatic heterocycles. The number of carbonyl (C=O) groups is 2. The molecule has 2 N–H and O–H groups in total. The van der Waals surface area contributed by atoms with Crippen molar-refractivity contribution in [2.75, 3.05) is 11.9 Å². The maximum Gasteiger partial charge on any atom is 0.309 e. The molecular formula is C22H26ClN5O3. The van der Waals surface area contributed by atoms with Gasteiger partial charge < -0.3 is 10.1 Å². The van der Waals surface area contributed by atoms with E-state index in [1.54, 1.807) is 12.1 Å². The number of hydrogen-bond donors (Lipinski definition) is 2. The van der Waals surface area contributed by atoms with Crippen molar-refractivity contribution < 1.29 is 14.3 Å². The van der Waals surface area contributed by atoms with Gasteiger partial charge in [0.25, 0.3) is 5.91 Å². The zero-order chi connectivity index (χ0) is 22.0. The van der Waals surface area contributed by atoms with E-state index in [9.17, 15) is 9.59 Å². The Bertz CT molecular complexity index is 1090. The van der Waals surface area contributed by atoms with Gasteiger partial charge in [-0.3, -0.25) is 14.7 Å². The van der Waals surface area contributed by atoms with E-state index in [1.165, 1.54) is 4.63 Å². The molecule has 164 valence electrons. The van der Waals surface area contributed by atoms with Gasteiger partial charge in [0.05, 0.1) is 11.6 Å². The molecule has 9 heteroatoms. The largest absolute Gasteiger partial charge is 0.455 e. The molecule has 31 heavy (non-hydrogen) atoms. The summed E-state index contributed by atoms with van der Waals surface area (Å²) in [7, 11) is 0. The molecule has 1 amide bonds. The van der Waals surface area contributed by atoms with E-state index >= 15 is 0 Å². The summed E-state index contributed by atoms with van der Waals surface area (Å²) in [4.78, 5) is 29.1. The van der Waals surface area contributed by atoms with Gasteiger partial charge in [0.15, 0.2) is 18.1 Å². The van der Waals surface area contributed by atoms with Crippen LogP contribution in [0.3, 0.4) is 0 Å². The molecular weight excluding hydrogens is 418 g/mol. The van der Waals surface area contributed by atoms with Crippen LogP contribution in [-0.2, 0) is 14.3 Å². The van der Waals surface area contributed by atoms with E-state index in [1.807, 2.05) is 19.1 Å². The van der Waals surface area contributed by atoms with Gasteiger partial charge in [0, 0.05) is 11.3 Å². The Morgan fingerprint density at radius 2 is 2.00 bits per heavy atom. The first-order chi connectivity index (χ1) is 15.0. The number of rotatable bonds is 6. The summed E-state index contributed by atoms with van der Waals surface area (Å²) in [5.41, 5.74) is 2.76. The van der Waals surface area contributed by atoms with Gasteiger partial charge in [-0.25, -0.2) is 4.98 Å². The van der Waals surface area contributed by atoms with Crippen LogP contribution in [-0.4, -0.2) is 38.3 Å². The highest BCUT2D eigenvalue weighted by molar-refractivity contribution is 6.34. The molecule has 1 aliphatic rings. The third kappa shape index (κ3) is 4.58. The van der Waals surface area contributed by atoms with Gasteiger partial charge in [-0.15, -0.1) is 5.10 Å². The number of nitrogens with zero attached hydrogens (tertiary/aromatic N) is 3. The molecule has 1 fully saturated rings. The summed E-state index contributed by atoms with van der Waals surface area (Å²) in [6.07, 6.45) is 5.08. The van der Waals surface area contributed by atoms with Crippen LogP contribution < -0.4 is 5.32 Å². The summed E-state index contributed by atoms with van der Waals surface area (Å²) in [6, 6.07) is 7.13. The monoisotopic (exact) mass is 443 g/mol. The highest BCUT2D eigenvalue weighted by Crippen LogP contribution is 2.33. The van der Waals surface area contributed by atoms with Crippen molar-refractivity contribution in [2.45, 2.75) is 46.0 Å². The highest BCUT2D eigenvalue weighted by Gasteiger charge is 2.31. The van der Waals surface area contributed by atoms with Crippen LogP contribution in [0.4, 0.5) is 5.69 Å². The number of halogens is 1. The van der Waals surface area contributed by atoms with Crippen molar-refractivity contribution in [1.82, 2.24) is 19.8 Å². The molecule has 1 aromatic carbocycles. The lowest BCUT2D eigenvalue weighted by Gasteiger charge is -2.28. The molecule has 0 bridgehead atoms. The number of aromatic amines is 1. The molecule has 0 spiro atoms. The average molecular weight is 444 g/mol. The number of esters is 1. The SMILES string of the molecule is CC[C@H]1CCCC[C@H]1C(=O)OCC(=O)Nc1ccc(-c2nc3c(Cl)c(C)[nH]n3n2)cc1. The molecule has 2 heterocycles. The molecule has 3 aromatic rings. The summed E-state index contributed by atoms with van der Waals surface area (Å²) >= 11 is 6.20. The third-order valence-corrected chi connectivity index (χ3v) is 6.37. The molecule has 0 aliphatic heterocycles. The molecule has 2 atom stereocenters. The second kappa shape index (κ2) is 9.09. The molecule has 4 rings (SSSR count). The van der Waals surface area contributed by atoms with Gasteiger partial charge in [-0.05, 0) is 49.9 Å². The van der Waals surface area contributed by atoms with Crippen LogP contribution in [0.1, 0.15) is 44.7 Å². The Morgan fingerprint density at radius 1 is 1.26 bits per heavy atom. The maximum atomic E-state index is 12.4. The third-order valence-electron chi connectivity index (χ3n) is 5.91. The van der Waals surface area contributed by atoms with Crippen molar-refractivity contribution in [3.05, 3.63) is 35.0 Å². The second-order valence-corrected chi connectivity index (χ2v) is 8.39. The quantitative estimate of drug-likeness (QED) is 0.550. The summed E-state index contributed by atoms with van der Waals surface area (Å²) in [5.74, 6) is 0.182. The zero-order valence-corrected chi connectivity index (χ0v) is 18.4. The standard InChI is InChI=1S/C22H26ClN5O3/c1-3-14-6-4-5-7-17(14)22(30)31-12-18(29)24-16-10-8-15(9-11-16)20-25-21-19(23)13(2)26-28(21)27-20/h8-11,14,17,26H,3-7,12H2,1-2H3,(H,24,29)/t14-,17+/m0/s1. The fourth-order valence-corrected chi connectivity index (χ4v) is 4.34. The Balaban J connectivity index is 1.33. The fourth-order valence-electron chi connectivity index (χ4n) is 4.18. The molecule has 1 aliphatic carbocycles. The first-order valence-corrected chi connectivity index (χ1v) is 11.0. The molecule has 0 unspecified atom stereocenters. The van der Waals surface area contributed by atoms with Gasteiger partial charge in [-0.2, -0.15) is 4.63 Å². The predicted octanol–water partition coefficient (Wildman–Crippen LogP) is 4.38. The minimum absolute atomic E-state index is 0.0866. The summed E-state index contributed by atoms with van der Waals surface area (Å²) < 4.78 is 6.83. The number of nitrogens with one attached hydrogen (secondary N) is 2. The van der Waals surface area contributed by atoms with Crippen LogP contribution in [0.5, 0.6) is 0 Å². The van der Waals surface area contributed by atoms with Crippen molar-refractivity contribution in [1.29, 1.82) is 0 Å². The van der Waals surface area contributed by atoms with Crippen LogP contribution in [0.15, 0.2) is 24.3 Å². The van der Waals surface area contributed by atoms with Crippen molar-refractivity contribution in [3.63, 3.8) is 0 Å². The number of amides is 1. The van der Waals surface area contributed by atoms with E-state index < -0.39 is 0 Å². The number of aromatic nitrogens is 4. The van der Waals surface area contributed by atoms with Crippen molar-refractivity contribution >= 4 is 34.8 Å². The number of aryl methyl sites for hydroxylation is 1. The zero-order valence-electron chi connectivity index (χ0n) is 17.7. The minimum atomic E-state index is -0.361. The van der Waals surface area contributed by atoms with Crippen LogP contribution in [0.2, 0.25) is 5.02 Å². The lowest BCUT2D eigenvalue weighted by molar-refractivity contribution is -0.154. The van der Waals surface area contributed by atoms with Crippen LogP contribution in [0.25, 0.3) is 17.0 Å². The lowest BCUT2D eigenvalue weighted by atomic mass is 9.78. The van der Waals surface area contributed by atoms with E-state index in [0.29, 0.717) is 28.1 Å². The molecule has 0 saturated heterocycles. The van der Waals surface area contributed by atoms with Crippen molar-refractivity contribution in [2.24, 2.45) is 11.8 Å². The highest BCUT2D eigenvalue weighted by atomic mass is 35.5. The van der Waals surface area contributed by atoms with Crippen LogP contribution in [0, 0.1) is 18.8 Å². The Kier molecular flexibility index (Phi) is 6.27. The van der Waals surface area contributed by atoms with E-state index in [0.717, 1.165) is 43.4 Å². The van der Waals surface area contributed by atoms with Gasteiger partial charge in [0.1, 0.15) is 5.02 Å². The second-order valence-electron chi connectivity index (χ2n) is 8.01. The number of benzene rings is 1. The van der Waals surface area contributed by atoms with E-state index in [4.69, 9.17) is 16.3 Å². The van der Waals surface area contributed by atoms with Gasteiger partial charge in [0.2, 0.25) is 0 Å². The number of anilines is 1. The number of hydrogen-bond acceptors (Lipinski definition) is 5. The maximum absolute atomic E-state index is 12.4. The van der Waals surface area contributed by atoms with Gasteiger partial charge in [-0.1, -0.05) is 37.8 Å². The fraction of sp³-hybridized carbons (Fsp3) is 0.455. The van der Waals surface area contributed by atoms with Crippen LogP contribution >= 0.6 is 11.6 Å². The minimum Gasteiger partial charge on any atom is -0.455 e. The number of fused-ring (bicyclic) bond motifs is 1. The number of carbonyl (C=O) groups excluding carboxylic acids is 2. The summed E-state index contributed by atoms with van der Waals surface area (Å²) in [6.45, 7) is 3.67. The Labute approximate surface area is 185 Å². The number of ether oxygens (including phenoxy) is 1. The number of H-pyrrole nitrogens is 1. The molecule has 0 radical (unpaired) electrons. The van der Waals surface area contributed by atoms with E-state index in [2.05, 4.69) is 27.4 Å². The van der Waals surface area contributed by atoms with Crippen molar-refractivity contribution in [3.8, 4) is 11.4 Å². The van der Waals surface area contributed by atoms with Gasteiger partial charge >= 0.3 is 5.97 Å². The Hall–Kier alpha value is -2.87. The summed E-state index contributed by atoms with van der Waals surface area (Å²) in [5, 5.41) is 10.7. The van der Waals surface area contributed by atoms with E-state index in [-0.39, 0.29) is 24.4 Å². The topological polar surface area (TPSA) is 101 Å². The first kappa shape index (κ1) is 21.4. The smallest absolute Gasteiger partial charge is 0.309 e. The average Bonchev–Trinajstić information content (AvgIpc) is 3.31.